The third-order valence-corrected chi connectivity index (χ3v) is 4.74. The van der Waals surface area contributed by atoms with Crippen molar-refractivity contribution in [2.75, 3.05) is 13.1 Å². The summed E-state index contributed by atoms with van der Waals surface area (Å²) < 4.78 is 29.4. The SMILES string of the molecule is CC(C)C1(C(=O)O)CCN(C(=O)c2cc(Cl)ccc2OC(F)F)C1. The summed E-state index contributed by atoms with van der Waals surface area (Å²) in [5.74, 6) is -2.00. The number of halogens is 3. The van der Waals surface area contributed by atoms with Crippen LogP contribution in [0.15, 0.2) is 18.2 Å². The zero-order valence-corrected chi connectivity index (χ0v) is 14.0. The number of carboxylic acid groups (broad SMARTS) is 1. The van der Waals surface area contributed by atoms with E-state index in [2.05, 4.69) is 4.74 Å². The summed E-state index contributed by atoms with van der Waals surface area (Å²) in [5, 5.41) is 9.74. The molecule has 1 N–H and O–H groups in total. The third-order valence-electron chi connectivity index (χ3n) is 4.51. The van der Waals surface area contributed by atoms with Crippen LogP contribution in [0.2, 0.25) is 5.02 Å². The monoisotopic (exact) mass is 361 g/mol. The zero-order chi connectivity index (χ0) is 18.1. The average Bonchev–Trinajstić information content (AvgIpc) is 2.94. The van der Waals surface area contributed by atoms with Gasteiger partial charge in [0.1, 0.15) is 5.75 Å². The molecule has 1 atom stereocenters. The summed E-state index contributed by atoms with van der Waals surface area (Å²) in [7, 11) is 0. The number of amides is 1. The number of carbonyl (C=O) groups is 2. The number of rotatable bonds is 5. The summed E-state index contributed by atoms with van der Waals surface area (Å²) in [6, 6.07) is 3.79. The first-order valence-electron chi connectivity index (χ1n) is 7.44. The van der Waals surface area contributed by atoms with Crippen molar-refractivity contribution in [1.29, 1.82) is 0 Å². The van der Waals surface area contributed by atoms with Crippen molar-refractivity contribution in [2.45, 2.75) is 26.9 Å². The van der Waals surface area contributed by atoms with E-state index in [0.29, 0.717) is 6.42 Å². The highest BCUT2D eigenvalue weighted by Gasteiger charge is 2.48. The van der Waals surface area contributed by atoms with E-state index in [1.165, 1.54) is 23.1 Å². The topological polar surface area (TPSA) is 66.8 Å². The van der Waals surface area contributed by atoms with E-state index >= 15 is 0 Å². The Kier molecular flexibility index (Phi) is 5.32. The smallest absolute Gasteiger partial charge is 0.387 e. The molecule has 0 aliphatic carbocycles. The maximum absolute atomic E-state index is 12.7. The summed E-state index contributed by atoms with van der Waals surface area (Å²) in [4.78, 5) is 25.7. The first-order valence-corrected chi connectivity index (χ1v) is 7.82. The molecular formula is C16H18ClF2NO4. The van der Waals surface area contributed by atoms with Gasteiger partial charge in [-0.05, 0) is 30.5 Å². The normalized spacial score (nSPS) is 20.7. The first kappa shape index (κ1) is 18.4. The molecule has 1 unspecified atom stereocenters. The molecule has 24 heavy (non-hydrogen) atoms. The fraction of sp³-hybridized carbons (Fsp3) is 0.500. The van der Waals surface area contributed by atoms with Gasteiger partial charge in [0.05, 0.1) is 11.0 Å². The highest BCUT2D eigenvalue weighted by Crippen LogP contribution is 2.39. The maximum atomic E-state index is 12.7. The van der Waals surface area contributed by atoms with Crippen molar-refractivity contribution in [3.63, 3.8) is 0 Å². The predicted octanol–water partition coefficient (Wildman–Crippen LogP) is 3.51. The van der Waals surface area contributed by atoms with E-state index in [1.807, 2.05) is 0 Å². The van der Waals surface area contributed by atoms with Crippen LogP contribution in [0.25, 0.3) is 0 Å². The van der Waals surface area contributed by atoms with E-state index < -0.39 is 23.9 Å². The molecule has 132 valence electrons. The lowest BCUT2D eigenvalue weighted by molar-refractivity contribution is -0.150. The molecule has 2 rings (SSSR count). The van der Waals surface area contributed by atoms with Crippen LogP contribution in [0.3, 0.4) is 0 Å². The number of carbonyl (C=O) groups excluding carboxylic acids is 1. The summed E-state index contributed by atoms with van der Waals surface area (Å²) in [6.45, 7) is 0.730. The summed E-state index contributed by atoms with van der Waals surface area (Å²) >= 11 is 5.85. The molecule has 1 aliphatic rings. The van der Waals surface area contributed by atoms with E-state index in [0.717, 1.165) is 0 Å². The van der Waals surface area contributed by atoms with Gasteiger partial charge in [-0.2, -0.15) is 8.78 Å². The van der Waals surface area contributed by atoms with Gasteiger partial charge in [-0.3, -0.25) is 9.59 Å². The van der Waals surface area contributed by atoms with Crippen LogP contribution in [-0.4, -0.2) is 41.6 Å². The van der Waals surface area contributed by atoms with Crippen LogP contribution in [0.4, 0.5) is 8.78 Å². The van der Waals surface area contributed by atoms with Gasteiger partial charge in [0.15, 0.2) is 0 Å². The lowest BCUT2D eigenvalue weighted by Gasteiger charge is -2.28. The van der Waals surface area contributed by atoms with Gasteiger partial charge in [0, 0.05) is 18.1 Å². The van der Waals surface area contributed by atoms with Crippen molar-refractivity contribution in [3.05, 3.63) is 28.8 Å². The number of benzene rings is 1. The van der Waals surface area contributed by atoms with E-state index in [9.17, 15) is 23.5 Å². The highest BCUT2D eigenvalue weighted by molar-refractivity contribution is 6.31. The van der Waals surface area contributed by atoms with Crippen molar-refractivity contribution in [2.24, 2.45) is 11.3 Å². The fourth-order valence-electron chi connectivity index (χ4n) is 2.94. The number of nitrogens with zero attached hydrogens (tertiary/aromatic N) is 1. The van der Waals surface area contributed by atoms with E-state index in [-0.39, 0.29) is 35.3 Å². The molecule has 1 aliphatic heterocycles. The number of likely N-dealkylation sites (tertiary alicyclic amines) is 1. The standard InChI is InChI=1S/C16H18ClF2NO4/c1-9(2)16(14(22)23)5-6-20(8-16)13(21)11-7-10(17)3-4-12(11)24-15(18)19/h3-4,7,9,15H,5-6,8H2,1-2H3,(H,22,23). The Labute approximate surface area is 143 Å². The molecule has 0 bridgehead atoms. The van der Waals surface area contributed by atoms with E-state index in [1.54, 1.807) is 13.8 Å². The molecule has 1 heterocycles. The molecule has 0 aromatic heterocycles. The summed E-state index contributed by atoms with van der Waals surface area (Å²) in [5.41, 5.74) is -1.15. The Morgan fingerprint density at radius 2 is 2.04 bits per heavy atom. The number of aliphatic carboxylic acids is 1. The zero-order valence-electron chi connectivity index (χ0n) is 13.3. The lowest BCUT2D eigenvalue weighted by Crippen LogP contribution is -2.40. The van der Waals surface area contributed by atoms with Gasteiger partial charge >= 0.3 is 12.6 Å². The van der Waals surface area contributed by atoms with Crippen LogP contribution in [0, 0.1) is 11.3 Å². The molecule has 1 aromatic carbocycles. The Bertz CT molecular complexity index is 653. The van der Waals surface area contributed by atoms with Gasteiger partial charge in [0.2, 0.25) is 0 Å². The van der Waals surface area contributed by atoms with E-state index in [4.69, 9.17) is 11.6 Å². The molecule has 8 heteroatoms. The number of hydrogen-bond acceptors (Lipinski definition) is 3. The van der Waals surface area contributed by atoms with Crippen molar-refractivity contribution in [1.82, 2.24) is 4.90 Å². The molecule has 1 amide bonds. The van der Waals surface area contributed by atoms with Gasteiger partial charge in [0.25, 0.3) is 5.91 Å². The largest absolute Gasteiger partial charge is 0.481 e. The van der Waals surface area contributed by atoms with Gasteiger partial charge in [-0.15, -0.1) is 0 Å². The number of hydrogen-bond donors (Lipinski definition) is 1. The van der Waals surface area contributed by atoms with Crippen LogP contribution >= 0.6 is 11.6 Å². The minimum absolute atomic E-state index is 0.0134. The second-order valence-corrected chi connectivity index (χ2v) is 6.55. The maximum Gasteiger partial charge on any atom is 0.387 e. The van der Waals surface area contributed by atoms with Crippen molar-refractivity contribution < 1.29 is 28.2 Å². The molecule has 0 saturated carbocycles. The third kappa shape index (κ3) is 3.45. The van der Waals surface area contributed by atoms with Crippen molar-refractivity contribution >= 4 is 23.5 Å². The number of alkyl halides is 2. The van der Waals surface area contributed by atoms with Crippen LogP contribution < -0.4 is 4.74 Å². The predicted molar refractivity (Wildman–Crippen MR) is 83.5 cm³/mol. The molecule has 5 nitrogen and oxygen atoms in total. The number of carboxylic acids is 1. The van der Waals surface area contributed by atoms with Crippen LogP contribution in [-0.2, 0) is 4.79 Å². The van der Waals surface area contributed by atoms with Crippen LogP contribution in [0.5, 0.6) is 5.75 Å². The molecule has 1 saturated heterocycles. The lowest BCUT2D eigenvalue weighted by atomic mass is 9.76. The number of ether oxygens (including phenoxy) is 1. The first-order chi connectivity index (χ1) is 11.2. The Hall–Kier alpha value is -1.89. The molecule has 0 spiro atoms. The van der Waals surface area contributed by atoms with Crippen molar-refractivity contribution in [3.8, 4) is 5.75 Å². The Morgan fingerprint density at radius 1 is 1.38 bits per heavy atom. The van der Waals surface area contributed by atoms with Gasteiger partial charge in [-0.1, -0.05) is 25.4 Å². The van der Waals surface area contributed by atoms with Gasteiger partial charge < -0.3 is 14.7 Å². The Morgan fingerprint density at radius 3 is 2.54 bits per heavy atom. The Balaban J connectivity index is 2.30. The minimum Gasteiger partial charge on any atom is -0.481 e. The second kappa shape index (κ2) is 6.93. The summed E-state index contributed by atoms with van der Waals surface area (Å²) in [6.07, 6.45) is 0.303. The quantitative estimate of drug-likeness (QED) is 0.871. The second-order valence-electron chi connectivity index (χ2n) is 6.11. The molecule has 1 aromatic rings. The molecule has 1 fully saturated rings. The molecule has 0 radical (unpaired) electrons. The van der Waals surface area contributed by atoms with Crippen LogP contribution in [0.1, 0.15) is 30.6 Å². The minimum atomic E-state index is -3.08. The fourth-order valence-corrected chi connectivity index (χ4v) is 3.11. The highest BCUT2D eigenvalue weighted by atomic mass is 35.5. The van der Waals surface area contributed by atoms with Gasteiger partial charge in [-0.25, -0.2) is 0 Å². The average molecular weight is 362 g/mol. The molecular weight excluding hydrogens is 344 g/mol.